The first-order chi connectivity index (χ1) is 15.2. The lowest BCUT2D eigenvalue weighted by Gasteiger charge is -2.40. The molecule has 4 fully saturated rings. The minimum Gasteiger partial charge on any atom is -0.406 e. The minimum atomic E-state index is -2.99. The molecule has 4 rings (SSSR count). The minimum absolute atomic E-state index is 0.0587. The highest BCUT2D eigenvalue weighted by Gasteiger charge is 2.63. The van der Waals surface area contributed by atoms with Crippen molar-refractivity contribution >= 4 is 11.9 Å². The van der Waals surface area contributed by atoms with Crippen molar-refractivity contribution in [3.63, 3.8) is 0 Å². The summed E-state index contributed by atoms with van der Waals surface area (Å²) in [5, 5.41) is 41.7. The van der Waals surface area contributed by atoms with Gasteiger partial charge in [0.25, 0.3) is 0 Å². The second-order valence-corrected chi connectivity index (χ2v) is 9.00. The van der Waals surface area contributed by atoms with E-state index < -0.39 is 67.3 Å². The molecule has 3 saturated heterocycles. The van der Waals surface area contributed by atoms with E-state index in [4.69, 9.17) is 18.9 Å². The van der Waals surface area contributed by atoms with Crippen LogP contribution in [0.15, 0.2) is 0 Å². The second kappa shape index (κ2) is 9.09. The Kier molecular flexibility index (Phi) is 6.74. The smallest absolute Gasteiger partial charge is 0.360 e. The van der Waals surface area contributed by atoms with Gasteiger partial charge in [-0.2, -0.15) is 0 Å². The van der Waals surface area contributed by atoms with Crippen LogP contribution in [0.2, 0.25) is 0 Å². The van der Waals surface area contributed by atoms with Crippen LogP contribution >= 0.6 is 0 Å². The van der Waals surface area contributed by atoms with E-state index in [9.17, 15) is 30.0 Å². The molecule has 11 nitrogen and oxygen atoms in total. The van der Waals surface area contributed by atoms with Crippen molar-refractivity contribution in [3.8, 4) is 0 Å². The van der Waals surface area contributed by atoms with Crippen LogP contribution in [0.25, 0.3) is 0 Å². The topological polar surface area (TPSA) is 164 Å². The SMILES string of the molecule is O=C1OC2(C[C@@H]3CCCC[C@H]3N2)OC(=O)C1(F)CCCOC1O[C@H](CO)[C@H](O)[C@H](O)[C@H]1O. The van der Waals surface area contributed by atoms with Crippen molar-refractivity contribution in [1.29, 1.82) is 0 Å². The predicted octanol–water partition coefficient (Wildman–Crippen LogP) is -1.40. The highest BCUT2D eigenvalue weighted by Crippen LogP contribution is 2.43. The van der Waals surface area contributed by atoms with Gasteiger partial charge in [0.2, 0.25) is 0 Å². The van der Waals surface area contributed by atoms with Gasteiger partial charge in [0.05, 0.1) is 13.2 Å². The molecule has 1 aliphatic carbocycles. The van der Waals surface area contributed by atoms with E-state index in [1.54, 1.807) is 0 Å². The van der Waals surface area contributed by atoms with Gasteiger partial charge in [-0.05, 0) is 25.2 Å². The third-order valence-corrected chi connectivity index (χ3v) is 6.80. The van der Waals surface area contributed by atoms with Gasteiger partial charge in [0.1, 0.15) is 24.4 Å². The first-order valence-electron chi connectivity index (χ1n) is 11.0. The number of halogens is 1. The number of alkyl halides is 1. The second-order valence-electron chi connectivity index (χ2n) is 9.00. The summed E-state index contributed by atoms with van der Waals surface area (Å²) in [5.74, 6) is -4.04. The zero-order chi connectivity index (χ0) is 23.1. The van der Waals surface area contributed by atoms with E-state index >= 15 is 4.39 Å². The van der Waals surface area contributed by atoms with Crippen molar-refractivity contribution in [1.82, 2.24) is 5.32 Å². The molecule has 0 amide bonds. The third kappa shape index (κ3) is 4.25. The number of rotatable bonds is 6. The fraction of sp³-hybridized carbons (Fsp3) is 0.900. The van der Waals surface area contributed by atoms with Gasteiger partial charge in [-0.1, -0.05) is 12.8 Å². The molecule has 0 aromatic rings. The zero-order valence-corrected chi connectivity index (χ0v) is 17.5. The van der Waals surface area contributed by atoms with Crippen molar-refractivity contribution in [2.45, 2.75) is 93.3 Å². The Morgan fingerprint density at radius 2 is 1.75 bits per heavy atom. The first kappa shape index (κ1) is 23.7. The molecule has 0 aromatic carbocycles. The molecule has 32 heavy (non-hydrogen) atoms. The Morgan fingerprint density at radius 1 is 1.06 bits per heavy atom. The molecular weight excluding hydrogens is 433 g/mol. The van der Waals surface area contributed by atoms with Crippen LogP contribution in [0.1, 0.15) is 44.9 Å². The Hall–Kier alpha value is -1.41. The largest absolute Gasteiger partial charge is 0.406 e. The van der Waals surface area contributed by atoms with E-state index in [0.29, 0.717) is 6.42 Å². The molecule has 3 aliphatic heterocycles. The normalized spacial score (nSPS) is 46.6. The number of fused-ring (bicyclic) bond motifs is 1. The van der Waals surface area contributed by atoms with Gasteiger partial charge < -0.3 is 39.4 Å². The van der Waals surface area contributed by atoms with Gasteiger partial charge in [0, 0.05) is 18.9 Å². The summed E-state index contributed by atoms with van der Waals surface area (Å²) in [7, 11) is 0. The van der Waals surface area contributed by atoms with E-state index in [-0.39, 0.29) is 25.0 Å². The van der Waals surface area contributed by atoms with Crippen LogP contribution in [0.4, 0.5) is 4.39 Å². The molecule has 1 unspecified atom stereocenters. The molecule has 0 radical (unpaired) electrons. The zero-order valence-electron chi connectivity index (χ0n) is 17.5. The van der Waals surface area contributed by atoms with Crippen LogP contribution < -0.4 is 5.32 Å². The molecule has 1 spiro atoms. The van der Waals surface area contributed by atoms with Gasteiger partial charge in [-0.25, -0.2) is 19.3 Å². The number of nitrogens with one attached hydrogen (secondary N) is 1. The number of aliphatic hydroxyl groups excluding tert-OH is 4. The molecule has 12 heteroatoms. The van der Waals surface area contributed by atoms with Crippen molar-refractivity contribution in [2.75, 3.05) is 13.2 Å². The standard InChI is InChI=1S/C20H30FNO10/c21-19(6-3-7-29-16-15(26)14(25)13(24)12(9-23)30-16)17(27)31-20(32-18(19)28)8-10-4-1-2-5-11(10)22-20/h10-16,22-26H,1-9H2/t10-,11+,12+,13-,14-,15+,16?,19?,20?/m0/s1. The number of hydrogen-bond donors (Lipinski definition) is 5. The van der Waals surface area contributed by atoms with E-state index in [1.807, 2.05) is 0 Å². The number of ether oxygens (including phenoxy) is 4. The van der Waals surface area contributed by atoms with E-state index in [0.717, 1.165) is 25.7 Å². The van der Waals surface area contributed by atoms with Crippen LogP contribution in [0, 0.1) is 5.92 Å². The lowest BCUT2D eigenvalue weighted by molar-refractivity contribution is -0.301. The summed E-state index contributed by atoms with van der Waals surface area (Å²) >= 11 is 0. The van der Waals surface area contributed by atoms with E-state index in [2.05, 4.69) is 5.32 Å². The molecule has 0 bridgehead atoms. The summed E-state index contributed by atoms with van der Waals surface area (Å²) in [6, 6.07) is 0.0587. The average molecular weight is 463 g/mol. The molecule has 1 saturated carbocycles. The number of carbonyl (C=O) groups excluding carboxylic acids is 2. The Labute approximate surface area is 183 Å². The lowest BCUT2D eigenvalue weighted by Crippen LogP contribution is -2.62. The highest BCUT2D eigenvalue weighted by molar-refractivity contribution is 6.05. The lowest BCUT2D eigenvalue weighted by atomic mass is 9.85. The third-order valence-electron chi connectivity index (χ3n) is 6.80. The molecule has 182 valence electrons. The van der Waals surface area contributed by atoms with Crippen molar-refractivity contribution < 1.29 is 53.4 Å². The fourth-order valence-electron chi connectivity index (χ4n) is 4.96. The van der Waals surface area contributed by atoms with Crippen LogP contribution in [0.5, 0.6) is 0 Å². The summed E-state index contributed by atoms with van der Waals surface area (Å²) in [6.45, 7) is -0.865. The van der Waals surface area contributed by atoms with Crippen LogP contribution in [-0.4, -0.2) is 93.9 Å². The van der Waals surface area contributed by atoms with E-state index in [1.165, 1.54) is 0 Å². The molecule has 0 aromatic heterocycles. The van der Waals surface area contributed by atoms with Gasteiger partial charge >= 0.3 is 23.5 Å². The summed E-state index contributed by atoms with van der Waals surface area (Å²) < 4.78 is 36.2. The molecule has 3 heterocycles. The van der Waals surface area contributed by atoms with Crippen LogP contribution in [0.3, 0.4) is 0 Å². The number of aliphatic hydroxyl groups is 4. The Morgan fingerprint density at radius 3 is 2.41 bits per heavy atom. The Bertz CT molecular complexity index is 686. The van der Waals surface area contributed by atoms with Gasteiger partial charge in [0.15, 0.2) is 6.29 Å². The average Bonchev–Trinajstić information content (AvgIpc) is 3.12. The molecule has 4 aliphatic rings. The maximum absolute atomic E-state index is 15.2. The van der Waals surface area contributed by atoms with Crippen molar-refractivity contribution in [2.24, 2.45) is 5.92 Å². The summed E-state index contributed by atoms with van der Waals surface area (Å²) in [4.78, 5) is 24.9. The number of carbonyl (C=O) groups is 2. The fourth-order valence-corrected chi connectivity index (χ4v) is 4.96. The van der Waals surface area contributed by atoms with Gasteiger partial charge in [-0.15, -0.1) is 0 Å². The summed E-state index contributed by atoms with van der Waals surface area (Å²) in [6.07, 6.45) is -3.84. The monoisotopic (exact) mass is 463 g/mol. The quantitative estimate of drug-likeness (QED) is 0.179. The molecular formula is C20H30FNO10. The maximum Gasteiger partial charge on any atom is 0.360 e. The molecule has 5 N–H and O–H groups in total. The maximum atomic E-state index is 15.2. The predicted molar refractivity (Wildman–Crippen MR) is 101 cm³/mol. The van der Waals surface area contributed by atoms with Crippen LogP contribution in [-0.2, 0) is 28.5 Å². The van der Waals surface area contributed by atoms with Gasteiger partial charge in [-0.3, -0.25) is 0 Å². The van der Waals surface area contributed by atoms with Crippen molar-refractivity contribution in [3.05, 3.63) is 0 Å². The summed E-state index contributed by atoms with van der Waals surface area (Å²) in [5.41, 5.74) is -2.99. The number of hydrogen-bond acceptors (Lipinski definition) is 11. The Balaban J connectivity index is 1.29. The molecule has 7 atom stereocenters. The highest BCUT2D eigenvalue weighted by atomic mass is 19.1. The number of esters is 2. The first-order valence-corrected chi connectivity index (χ1v) is 11.0.